The Kier molecular flexibility index (Phi) is 6.70. The molecule has 1 aliphatic rings. The van der Waals surface area contributed by atoms with Crippen molar-refractivity contribution < 1.29 is 14.3 Å². The third kappa shape index (κ3) is 3.92. The van der Waals surface area contributed by atoms with E-state index in [1.54, 1.807) is 11.8 Å². The maximum absolute atomic E-state index is 13.8. The molecular formula is C24H30N2O3. The van der Waals surface area contributed by atoms with Crippen LogP contribution in [0.2, 0.25) is 0 Å². The summed E-state index contributed by atoms with van der Waals surface area (Å²) >= 11 is 0. The molecule has 1 atom stereocenters. The van der Waals surface area contributed by atoms with Gasteiger partial charge in [0.15, 0.2) is 5.41 Å². The highest BCUT2D eigenvalue weighted by Gasteiger charge is 2.57. The van der Waals surface area contributed by atoms with Crippen LogP contribution in [0.4, 0.5) is 5.69 Å². The summed E-state index contributed by atoms with van der Waals surface area (Å²) in [4.78, 5) is 31.1. The van der Waals surface area contributed by atoms with Crippen molar-refractivity contribution in [1.82, 2.24) is 4.90 Å². The van der Waals surface area contributed by atoms with Crippen LogP contribution in [0.25, 0.3) is 0 Å². The van der Waals surface area contributed by atoms with Crippen molar-refractivity contribution in [2.24, 2.45) is 0 Å². The summed E-state index contributed by atoms with van der Waals surface area (Å²) in [5, 5.41) is 0. The SMILES string of the molecule is CCOC(=O)[C@]1(Cc2ccccc2)C(=O)N(CCN(CC)CC)c2ccccc21. The Hall–Kier alpha value is -2.66. The lowest BCUT2D eigenvalue weighted by molar-refractivity contribution is -0.153. The first-order chi connectivity index (χ1) is 14.1. The van der Waals surface area contributed by atoms with Crippen LogP contribution in [0.3, 0.4) is 0 Å². The van der Waals surface area contributed by atoms with Crippen LogP contribution in [0, 0.1) is 0 Å². The van der Waals surface area contributed by atoms with E-state index in [9.17, 15) is 9.59 Å². The van der Waals surface area contributed by atoms with E-state index in [4.69, 9.17) is 4.74 Å². The maximum atomic E-state index is 13.8. The zero-order valence-corrected chi connectivity index (χ0v) is 17.6. The van der Waals surface area contributed by atoms with Crippen LogP contribution in [0.5, 0.6) is 0 Å². The molecule has 154 valence electrons. The Labute approximate surface area is 173 Å². The van der Waals surface area contributed by atoms with Gasteiger partial charge in [0.25, 0.3) is 0 Å². The van der Waals surface area contributed by atoms with E-state index < -0.39 is 11.4 Å². The highest BCUT2D eigenvalue weighted by Crippen LogP contribution is 2.44. The van der Waals surface area contributed by atoms with Gasteiger partial charge in [-0.15, -0.1) is 0 Å². The fraction of sp³-hybridized carbons (Fsp3) is 0.417. The van der Waals surface area contributed by atoms with E-state index in [0.29, 0.717) is 13.0 Å². The van der Waals surface area contributed by atoms with Gasteiger partial charge in [-0.05, 0) is 31.6 Å². The molecule has 0 aliphatic carbocycles. The second-order valence-electron chi connectivity index (χ2n) is 7.29. The molecule has 0 radical (unpaired) electrons. The molecule has 5 heteroatoms. The Bertz CT molecular complexity index is 848. The Morgan fingerprint density at radius 1 is 1.00 bits per heavy atom. The van der Waals surface area contributed by atoms with Gasteiger partial charge >= 0.3 is 5.97 Å². The van der Waals surface area contributed by atoms with Crippen molar-refractivity contribution in [2.45, 2.75) is 32.6 Å². The van der Waals surface area contributed by atoms with E-state index in [-0.39, 0.29) is 12.5 Å². The topological polar surface area (TPSA) is 49.9 Å². The number of hydrogen-bond acceptors (Lipinski definition) is 4. The molecule has 0 spiro atoms. The van der Waals surface area contributed by atoms with Gasteiger partial charge in [-0.25, -0.2) is 0 Å². The number of esters is 1. The minimum absolute atomic E-state index is 0.187. The van der Waals surface area contributed by atoms with Crippen LogP contribution >= 0.6 is 0 Å². The standard InChI is InChI=1S/C24H30N2O3/c1-4-25(5-2)16-17-26-21-15-11-10-14-20(21)24(22(26)27,23(28)29-6-3)18-19-12-8-7-9-13-19/h7-15H,4-6,16-18H2,1-3H3/t24-/m0/s1. The van der Waals surface area contributed by atoms with Crippen LogP contribution in [0.15, 0.2) is 54.6 Å². The number of anilines is 1. The minimum atomic E-state index is -1.34. The average Bonchev–Trinajstić information content (AvgIpc) is 2.99. The lowest BCUT2D eigenvalue weighted by Crippen LogP contribution is -2.50. The first-order valence-electron chi connectivity index (χ1n) is 10.4. The molecule has 1 heterocycles. The van der Waals surface area contributed by atoms with E-state index in [2.05, 4.69) is 18.7 Å². The molecule has 0 saturated heterocycles. The number of likely N-dealkylation sites (N-methyl/N-ethyl adjacent to an activating group) is 1. The number of rotatable bonds is 9. The second-order valence-corrected chi connectivity index (χ2v) is 7.29. The van der Waals surface area contributed by atoms with E-state index in [1.165, 1.54) is 0 Å². The number of hydrogen-bond donors (Lipinski definition) is 0. The number of carbonyl (C=O) groups excluding carboxylic acids is 2. The smallest absolute Gasteiger partial charge is 0.326 e. The highest BCUT2D eigenvalue weighted by molar-refractivity contribution is 6.20. The Balaban J connectivity index is 2.05. The number of fused-ring (bicyclic) bond motifs is 1. The number of carbonyl (C=O) groups is 2. The molecule has 29 heavy (non-hydrogen) atoms. The first kappa shape index (κ1) is 21.1. The third-order valence-electron chi connectivity index (χ3n) is 5.74. The molecule has 1 amide bonds. The molecule has 0 aromatic heterocycles. The summed E-state index contributed by atoms with van der Waals surface area (Å²) < 4.78 is 5.45. The molecule has 0 N–H and O–H groups in total. The van der Waals surface area contributed by atoms with E-state index in [1.807, 2.05) is 54.6 Å². The molecule has 0 saturated carbocycles. The monoisotopic (exact) mass is 394 g/mol. The molecule has 0 fully saturated rings. The molecule has 1 aliphatic heterocycles. The number of nitrogens with zero attached hydrogens (tertiary/aromatic N) is 2. The second kappa shape index (κ2) is 9.23. The van der Waals surface area contributed by atoms with Crippen molar-refractivity contribution in [2.75, 3.05) is 37.7 Å². The van der Waals surface area contributed by atoms with Crippen molar-refractivity contribution in [3.05, 3.63) is 65.7 Å². The largest absolute Gasteiger partial charge is 0.465 e. The first-order valence-corrected chi connectivity index (χ1v) is 10.4. The Morgan fingerprint density at radius 3 is 2.31 bits per heavy atom. The molecule has 5 nitrogen and oxygen atoms in total. The maximum Gasteiger partial charge on any atom is 0.326 e. The van der Waals surface area contributed by atoms with Crippen LogP contribution in [-0.4, -0.2) is 49.6 Å². The minimum Gasteiger partial charge on any atom is -0.465 e. The zero-order valence-electron chi connectivity index (χ0n) is 17.6. The highest BCUT2D eigenvalue weighted by atomic mass is 16.5. The lowest BCUT2D eigenvalue weighted by Gasteiger charge is -2.28. The van der Waals surface area contributed by atoms with Gasteiger partial charge in [0.05, 0.1) is 6.61 Å². The fourth-order valence-corrected chi connectivity index (χ4v) is 4.12. The van der Waals surface area contributed by atoms with Gasteiger partial charge in [0, 0.05) is 30.8 Å². The van der Waals surface area contributed by atoms with E-state index in [0.717, 1.165) is 36.4 Å². The lowest BCUT2D eigenvalue weighted by atomic mass is 9.76. The summed E-state index contributed by atoms with van der Waals surface area (Å²) in [6, 6.07) is 17.3. The van der Waals surface area contributed by atoms with Crippen LogP contribution in [-0.2, 0) is 26.2 Å². The summed E-state index contributed by atoms with van der Waals surface area (Å²) in [6.45, 7) is 9.40. The van der Waals surface area contributed by atoms with Crippen molar-refractivity contribution in [1.29, 1.82) is 0 Å². The van der Waals surface area contributed by atoms with E-state index >= 15 is 0 Å². The summed E-state index contributed by atoms with van der Waals surface area (Å²) in [6.07, 6.45) is 0.296. The Morgan fingerprint density at radius 2 is 1.66 bits per heavy atom. The summed E-state index contributed by atoms with van der Waals surface area (Å²) in [7, 11) is 0. The molecule has 2 aromatic carbocycles. The number of amides is 1. The molecule has 2 aromatic rings. The van der Waals surface area contributed by atoms with Gasteiger partial charge in [0.2, 0.25) is 5.91 Å². The fourth-order valence-electron chi connectivity index (χ4n) is 4.12. The van der Waals surface area contributed by atoms with Crippen LogP contribution in [0.1, 0.15) is 31.9 Å². The molecule has 0 unspecified atom stereocenters. The quantitative estimate of drug-likeness (QED) is 0.483. The third-order valence-corrected chi connectivity index (χ3v) is 5.74. The van der Waals surface area contributed by atoms with Gasteiger partial charge in [0.1, 0.15) is 0 Å². The predicted octanol–water partition coefficient (Wildman–Crippen LogP) is 3.42. The van der Waals surface area contributed by atoms with Crippen molar-refractivity contribution in [3.8, 4) is 0 Å². The molecule has 3 rings (SSSR count). The normalized spacial score (nSPS) is 18.2. The summed E-state index contributed by atoms with van der Waals surface area (Å²) in [5.41, 5.74) is 1.16. The number of benzene rings is 2. The zero-order chi connectivity index (χ0) is 20.9. The number of ether oxygens (including phenoxy) is 1. The van der Waals surface area contributed by atoms with Gasteiger partial charge in [-0.1, -0.05) is 62.4 Å². The van der Waals surface area contributed by atoms with Crippen LogP contribution < -0.4 is 4.90 Å². The average molecular weight is 395 g/mol. The molecular weight excluding hydrogens is 364 g/mol. The molecule has 0 bridgehead atoms. The van der Waals surface area contributed by atoms with Crippen molar-refractivity contribution in [3.63, 3.8) is 0 Å². The van der Waals surface area contributed by atoms with Gasteiger partial charge < -0.3 is 14.5 Å². The van der Waals surface area contributed by atoms with Gasteiger partial charge in [-0.3, -0.25) is 9.59 Å². The summed E-state index contributed by atoms with van der Waals surface area (Å²) in [5.74, 6) is -0.653. The predicted molar refractivity (Wildman–Crippen MR) is 115 cm³/mol. The van der Waals surface area contributed by atoms with Gasteiger partial charge in [-0.2, -0.15) is 0 Å². The van der Waals surface area contributed by atoms with Crippen molar-refractivity contribution >= 4 is 17.6 Å². The number of para-hydroxylation sites is 1.